The van der Waals surface area contributed by atoms with Crippen LogP contribution in [-0.4, -0.2) is 47.0 Å². The highest BCUT2D eigenvalue weighted by atomic mass is 19.1. The van der Waals surface area contributed by atoms with Gasteiger partial charge in [0, 0.05) is 30.7 Å². The number of nitrogens with one attached hydrogen (secondary N) is 1. The lowest BCUT2D eigenvalue weighted by molar-refractivity contribution is -0.139. The van der Waals surface area contributed by atoms with Gasteiger partial charge in [0.1, 0.15) is 23.2 Å². The van der Waals surface area contributed by atoms with Gasteiger partial charge in [-0.05, 0) is 82.8 Å². The van der Waals surface area contributed by atoms with Crippen molar-refractivity contribution >= 4 is 33.4 Å². The third-order valence-electron chi connectivity index (χ3n) is 6.83. The monoisotopic (exact) mass is 539 g/mol. The van der Waals surface area contributed by atoms with E-state index in [-0.39, 0.29) is 6.42 Å². The Morgan fingerprint density at radius 2 is 1.60 bits per heavy atom. The summed E-state index contributed by atoms with van der Waals surface area (Å²) in [7, 11) is 4.03. The molecule has 0 spiro atoms. The summed E-state index contributed by atoms with van der Waals surface area (Å²) >= 11 is 0. The molecule has 5 rings (SSSR count). The van der Waals surface area contributed by atoms with Gasteiger partial charge in [0.15, 0.2) is 0 Å². The standard InChI is InChI=1S/C32H27F2N3O3/c1-37(2)18-19-14-21-12-13-35-17-26(21)25(15-19)24-9-4-7-22-20(6-3-8-23(22)24)16-29(32(39)40)36-31(38)30-27(33)10-5-11-28(30)34/h3-15,17,29H,16,18H2,1-2H3,(H,36,38)(H,39,40)/t29-/m0/s1. The molecule has 1 atom stereocenters. The molecule has 0 saturated carbocycles. The fraction of sp³-hybridized carbons (Fsp3) is 0.156. The molecule has 202 valence electrons. The highest BCUT2D eigenvalue weighted by Gasteiger charge is 2.25. The Kier molecular flexibility index (Phi) is 7.53. The summed E-state index contributed by atoms with van der Waals surface area (Å²) in [6.45, 7) is 0.754. The number of carbonyl (C=O) groups is 2. The first-order valence-corrected chi connectivity index (χ1v) is 12.7. The summed E-state index contributed by atoms with van der Waals surface area (Å²) in [5.74, 6) is -4.56. The topological polar surface area (TPSA) is 82.5 Å². The Morgan fingerprint density at radius 3 is 2.33 bits per heavy atom. The molecule has 8 heteroatoms. The third-order valence-corrected chi connectivity index (χ3v) is 6.83. The molecule has 2 N–H and O–H groups in total. The van der Waals surface area contributed by atoms with Crippen LogP contribution in [0.15, 0.2) is 85.2 Å². The fourth-order valence-electron chi connectivity index (χ4n) is 5.09. The van der Waals surface area contributed by atoms with E-state index < -0.39 is 35.1 Å². The van der Waals surface area contributed by atoms with Gasteiger partial charge in [-0.3, -0.25) is 9.78 Å². The maximum absolute atomic E-state index is 14.1. The maximum Gasteiger partial charge on any atom is 0.326 e. The number of carboxylic acid groups (broad SMARTS) is 1. The van der Waals surface area contributed by atoms with Gasteiger partial charge in [0.2, 0.25) is 0 Å². The first-order valence-electron chi connectivity index (χ1n) is 12.7. The number of fused-ring (bicyclic) bond motifs is 2. The number of nitrogens with zero attached hydrogens (tertiary/aromatic N) is 2. The summed E-state index contributed by atoms with van der Waals surface area (Å²) in [5.41, 5.74) is 2.96. The average Bonchev–Trinajstić information content (AvgIpc) is 2.91. The number of rotatable bonds is 8. The van der Waals surface area contributed by atoms with Crippen LogP contribution in [0.3, 0.4) is 0 Å². The zero-order valence-electron chi connectivity index (χ0n) is 22.0. The molecule has 0 aliphatic carbocycles. The second-order valence-corrected chi connectivity index (χ2v) is 9.96. The molecule has 0 fully saturated rings. The summed E-state index contributed by atoms with van der Waals surface area (Å²) in [5, 5.41) is 15.9. The van der Waals surface area contributed by atoms with E-state index in [2.05, 4.69) is 27.3 Å². The molecular formula is C32H27F2N3O3. The van der Waals surface area contributed by atoms with Gasteiger partial charge in [0.05, 0.1) is 0 Å². The van der Waals surface area contributed by atoms with E-state index in [1.165, 1.54) is 0 Å². The number of carboxylic acids is 1. The number of amides is 1. The fourth-order valence-corrected chi connectivity index (χ4v) is 5.09. The molecule has 6 nitrogen and oxygen atoms in total. The summed E-state index contributed by atoms with van der Waals surface area (Å²) in [6.07, 6.45) is 3.52. The lowest BCUT2D eigenvalue weighted by atomic mass is 9.90. The predicted molar refractivity (Wildman–Crippen MR) is 151 cm³/mol. The first kappa shape index (κ1) is 26.9. The van der Waals surface area contributed by atoms with Crippen LogP contribution in [0, 0.1) is 11.6 Å². The Morgan fingerprint density at radius 1 is 0.900 bits per heavy atom. The van der Waals surface area contributed by atoms with Crippen LogP contribution >= 0.6 is 0 Å². The largest absolute Gasteiger partial charge is 0.480 e. The van der Waals surface area contributed by atoms with E-state index in [1.807, 2.05) is 56.7 Å². The third kappa shape index (κ3) is 5.39. The van der Waals surface area contributed by atoms with Gasteiger partial charge < -0.3 is 15.3 Å². The molecule has 4 aromatic carbocycles. The molecule has 1 aromatic heterocycles. The number of pyridine rings is 1. The molecule has 0 saturated heterocycles. The number of aliphatic carboxylic acids is 1. The lowest BCUT2D eigenvalue weighted by Gasteiger charge is -2.18. The van der Waals surface area contributed by atoms with Crippen molar-refractivity contribution in [2.45, 2.75) is 19.0 Å². The molecule has 0 aliphatic rings. The summed E-state index contributed by atoms with van der Waals surface area (Å²) in [4.78, 5) is 31.2. The van der Waals surface area contributed by atoms with Crippen LogP contribution in [0.1, 0.15) is 21.5 Å². The van der Waals surface area contributed by atoms with Gasteiger partial charge in [0.25, 0.3) is 5.91 Å². The second kappa shape index (κ2) is 11.2. The van der Waals surface area contributed by atoms with E-state index >= 15 is 0 Å². The molecule has 40 heavy (non-hydrogen) atoms. The van der Waals surface area contributed by atoms with Crippen LogP contribution in [-0.2, 0) is 17.8 Å². The lowest BCUT2D eigenvalue weighted by Crippen LogP contribution is -2.43. The van der Waals surface area contributed by atoms with Crippen molar-refractivity contribution in [1.82, 2.24) is 15.2 Å². The van der Waals surface area contributed by atoms with Crippen molar-refractivity contribution in [3.63, 3.8) is 0 Å². The van der Waals surface area contributed by atoms with Crippen molar-refractivity contribution in [3.05, 3.63) is 114 Å². The molecule has 0 radical (unpaired) electrons. The number of hydrogen-bond acceptors (Lipinski definition) is 4. The number of halogens is 2. The minimum absolute atomic E-state index is 0.0824. The van der Waals surface area contributed by atoms with Crippen molar-refractivity contribution in [3.8, 4) is 11.1 Å². The minimum Gasteiger partial charge on any atom is -0.480 e. The van der Waals surface area contributed by atoms with Crippen LogP contribution in [0.2, 0.25) is 0 Å². The molecule has 1 amide bonds. The number of hydrogen-bond donors (Lipinski definition) is 2. The second-order valence-electron chi connectivity index (χ2n) is 9.96. The SMILES string of the molecule is CN(C)Cc1cc(-c2cccc3c(C[C@H](NC(=O)c4c(F)cccc4F)C(=O)O)cccc23)c2cnccc2c1. The Hall–Kier alpha value is -4.69. The highest BCUT2D eigenvalue weighted by molar-refractivity contribution is 6.06. The van der Waals surface area contributed by atoms with Crippen molar-refractivity contribution in [2.75, 3.05) is 14.1 Å². The quantitative estimate of drug-likeness (QED) is 0.260. The molecule has 0 unspecified atom stereocenters. The number of aromatic nitrogens is 1. The smallest absolute Gasteiger partial charge is 0.326 e. The summed E-state index contributed by atoms with van der Waals surface area (Å²) in [6, 6.07) is 19.3. The molecule has 0 bridgehead atoms. The normalized spacial score (nSPS) is 12.1. The first-order chi connectivity index (χ1) is 19.2. The van der Waals surface area contributed by atoms with Crippen LogP contribution < -0.4 is 5.32 Å². The van der Waals surface area contributed by atoms with Crippen molar-refractivity contribution in [2.24, 2.45) is 0 Å². The summed E-state index contributed by atoms with van der Waals surface area (Å²) < 4.78 is 28.3. The zero-order valence-corrected chi connectivity index (χ0v) is 22.0. The van der Waals surface area contributed by atoms with E-state index in [0.717, 1.165) is 63.0 Å². The van der Waals surface area contributed by atoms with Crippen LogP contribution in [0.5, 0.6) is 0 Å². The minimum atomic E-state index is -1.41. The number of benzene rings is 4. The predicted octanol–water partition coefficient (Wildman–Crippen LogP) is 5.82. The average molecular weight is 540 g/mol. The molecule has 0 aliphatic heterocycles. The molecule has 1 heterocycles. The van der Waals surface area contributed by atoms with Crippen LogP contribution in [0.25, 0.3) is 32.7 Å². The van der Waals surface area contributed by atoms with Gasteiger partial charge in [-0.15, -0.1) is 0 Å². The highest BCUT2D eigenvalue weighted by Crippen LogP contribution is 2.36. The molecule has 5 aromatic rings. The number of carbonyl (C=O) groups excluding carboxylic acids is 1. The Labute approximate surface area is 229 Å². The van der Waals surface area contributed by atoms with E-state index in [0.29, 0.717) is 5.56 Å². The van der Waals surface area contributed by atoms with E-state index in [9.17, 15) is 23.5 Å². The van der Waals surface area contributed by atoms with Gasteiger partial charge >= 0.3 is 5.97 Å². The van der Waals surface area contributed by atoms with Gasteiger partial charge in [-0.25, -0.2) is 13.6 Å². The van der Waals surface area contributed by atoms with Gasteiger partial charge in [-0.1, -0.05) is 42.5 Å². The molecular weight excluding hydrogens is 512 g/mol. The van der Waals surface area contributed by atoms with Crippen molar-refractivity contribution in [1.29, 1.82) is 0 Å². The zero-order chi connectivity index (χ0) is 28.4. The van der Waals surface area contributed by atoms with Gasteiger partial charge in [-0.2, -0.15) is 0 Å². The van der Waals surface area contributed by atoms with Crippen molar-refractivity contribution < 1.29 is 23.5 Å². The van der Waals surface area contributed by atoms with Crippen LogP contribution in [0.4, 0.5) is 8.78 Å². The van der Waals surface area contributed by atoms with E-state index in [1.54, 1.807) is 12.3 Å². The maximum atomic E-state index is 14.1. The Balaban J connectivity index is 1.56. The van der Waals surface area contributed by atoms with E-state index in [4.69, 9.17) is 0 Å². The Bertz CT molecular complexity index is 1730.